The van der Waals surface area contributed by atoms with Crippen LogP contribution in [-0.4, -0.2) is 38.7 Å². The molecule has 0 bridgehead atoms. The normalized spacial score (nSPS) is 13.6. The Morgan fingerprint density at radius 3 is 2.53 bits per heavy atom. The van der Waals surface area contributed by atoms with E-state index in [4.69, 9.17) is 5.73 Å². The first-order valence-corrected chi connectivity index (χ1v) is 10.2. The second kappa shape index (κ2) is 8.83. The minimum absolute atomic E-state index is 0.103. The first kappa shape index (κ1) is 21.6. The highest BCUT2D eigenvalue weighted by Crippen LogP contribution is 2.27. The molecule has 8 nitrogen and oxygen atoms in total. The Hall–Kier alpha value is -3.66. The highest BCUT2D eigenvalue weighted by atomic mass is 19.3. The summed E-state index contributed by atoms with van der Waals surface area (Å²) in [6.45, 7) is 2.16. The summed E-state index contributed by atoms with van der Waals surface area (Å²) in [4.78, 5) is 30.4. The zero-order chi connectivity index (χ0) is 22.8. The van der Waals surface area contributed by atoms with E-state index < -0.39 is 11.8 Å². The number of aryl methyl sites for hydroxylation is 1. The van der Waals surface area contributed by atoms with Crippen molar-refractivity contribution < 1.29 is 13.6 Å². The number of hydrogen-bond acceptors (Lipinski definition) is 5. The number of rotatable bonds is 6. The van der Waals surface area contributed by atoms with Crippen molar-refractivity contribution in [3.63, 3.8) is 0 Å². The highest BCUT2D eigenvalue weighted by molar-refractivity contribution is 5.95. The fraction of sp³-hybridized carbons (Fsp3) is 0.273. The summed E-state index contributed by atoms with van der Waals surface area (Å²) in [7, 11) is 0. The molecule has 0 spiro atoms. The van der Waals surface area contributed by atoms with E-state index in [2.05, 4.69) is 15.2 Å². The van der Waals surface area contributed by atoms with Crippen molar-refractivity contribution in [2.24, 2.45) is 5.73 Å². The van der Waals surface area contributed by atoms with Gasteiger partial charge in [-0.3, -0.25) is 4.79 Å². The molecule has 0 aliphatic carbocycles. The van der Waals surface area contributed by atoms with Crippen molar-refractivity contribution in [3.8, 4) is 16.9 Å². The monoisotopic (exact) mass is 440 g/mol. The van der Waals surface area contributed by atoms with Gasteiger partial charge in [0.05, 0.1) is 0 Å². The van der Waals surface area contributed by atoms with Crippen LogP contribution in [-0.2, 0) is 11.2 Å². The van der Waals surface area contributed by atoms with E-state index in [0.29, 0.717) is 17.8 Å². The second-order valence-electron chi connectivity index (χ2n) is 7.59. The van der Waals surface area contributed by atoms with Gasteiger partial charge in [0.1, 0.15) is 11.6 Å². The molecule has 0 radical (unpaired) electrons. The van der Waals surface area contributed by atoms with Crippen molar-refractivity contribution in [2.75, 3.05) is 18.0 Å². The van der Waals surface area contributed by atoms with Gasteiger partial charge in [-0.2, -0.15) is 13.9 Å². The number of nitrogens with one attached hydrogen (secondary N) is 1. The highest BCUT2D eigenvalue weighted by Gasteiger charge is 2.21. The lowest BCUT2D eigenvalue weighted by Gasteiger charge is -2.16. The van der Waals surface area contributed by atoms with Gasteiger partial charge < -0.3 is 10.6 Å². The molecule has 1 fully saturated rings. The number of nitrogens with two attached hydrogens (primary N) is 1. The molecular formula is C22H22F2N6O2. The number of nitrogens with zero attached hydrogens (tertiary/aromatic N) is 4. The average Bonchev–Trinajstić information content (AvgIpc) is 3.37. The molecule has 0 saturated carbocycles. The minimum atomic E-state index is -1.88. The summed E-state index contributed by atoms with van der Waals surface area (Å²) in [5, 5.41) is 6.16. The van der Waals surface area contributed by atoms with Gasteiger partial charge in [-0.1, -0.05) is 12.1 Å². The maximum atomic E-state index is 13.0. The summed E-state index contributed by atoms with van der Waals surface area (Å²) in [5.74, 6) is 0.532. The van der Waals surface area contributed by atoms with Gasteiger partial charge in [-0.05, 0) is 42.7 Å². The molecule has 3 heterocycles. The Kier molecular flexibility index (Phi) is 5.95. The third-order valence-corrected chi connectivity index (χ3v) is 5.48. The Morgan fingerprint density at radius 1 is 1.19 bits per heavy atom. The Morgan fingerprint density at radius 2 is 1.94 bits per heavy atom. The Labute approximate surface area is 182 Å². The molecule has 1 aromatic carbocycles. The second-order valence-corrected chi connectivity index (χ2v) is 7.59. The van der Waals surface area contributed by atoms with Gasteiger partial charge >= 0.3 is 5.69 Å². The third-order valence-electron chi connectivity index (χ3n) is 5.48. The van der Waals surface area contributed by atoms with Crippen LogP contribution in [0.3, 0.4) is 0 Å². The lowest BCUT2D eigenvalue weighted by molar-refractivity contribution is -0.117. The van der Waals surface area contributed by atoms with Crippen molar-refractivity contribution in [3.05, 3.63) is 70.1 Å². The number of aromatic amines is 1. The molecule has 1 aliphatic rings. The number of H-pyrrole nitrogens is 1. The van der Waals surface area contributed by atoms with Crippen molar-refractivity contribution in [1.29, 1.82) is 0 Å². The largest absolute Gasteiger partial charge is 0.349 e. The number of carbonyl (C=O) groups excluding carboxylic acids is 1. The summed E-state index contributed by atoms with van der Waals surface area (Å²) < 4.78 is 27.2. The number of aromatic nitrogens is 4. The van der Waals surface area contributed by atoms with E-state index in [0.717, 1.165) is 29.8 Å². The fourth-order valence-electron chi connectivity index (χ4n) is 3.79. The molecule has 166 valence electrons. The van der Waals surface area contributed by atoms with Gasteiger partial charge in [-0.15, -0.1) is 0 Å². The van der Waals surface area contributed by atoms with Gasteiger partial charge in [0.15, 0.2) is 0 Å². The Bertz CT molecular complexity index is 1240. The van der Waals surface area contributed by atoms with Gasteiger partial charge in [-0.25, -0.2) is 19.4 Å². The number of carbonyl (C=O) groups is 1. The molecule has 10 heteroatoms. The van der Waals surface area contributed by atoms with Crippen LogP contribution in [0.5, 0.6) is 0 Å². The summed E-state index contributed by atoms with van der Waals surface area (Å²) in [6, 6.07) is 9.47. The van der Waals surface area contributed by atoms with Gasteiger partial charge in [0.2, 0.25) is 5.91 Å². The molecule has 2 aromatic heterocycles. The zero-order valence-electron chi connectivity index (χ0n) is 17.4. The summed E-state index contributed by atoms with van der Waals surface area (Å²) in [6.07, 6.45) is 0.894. The molecule has 1 aliphatic heterocycles. The van der Waals surface area contributed by atoms with Crippen LogP contribution in [0.2, 0.25) is 0 Å². The number of hydrogen-bond donors (Lipinski definition) is 2. The fourth-order valence-corrected chi connectivity index (χ4v) is 3.79. The molecule has 1 saturated heterocycles. The lowest BCUT2D eigenvalue weighted by Crippen LogP contribution is -2.23. The van der Waals surface area contributed by atoms with E-state index in [9.17, 15) is 18.4 Å². The topological polar surface area (TPSA) is 110 Å². The molecule has 0 unspecified atom stereocenters. The van der Waals surface area contributed by atoms with Crippen LogP contribution in [0, 0.1) is 6.92 Å². The van der Waals surface area contributed by atoms with Crippen LogP contribution >= 0.6 is 0 Å². The van der Waals surface area contributed by atoms with Gasteiger partial charge in [0, 0.05) is 49.0 Å². The van der Waals surface area contributed by atoms with E-state index in [1.807, 2.05) is 30.3 Å². The van der Waals surface area contributed by atoms with E-state index in [-0.39, 0.29) is 30.3 Å². The SMILES string of the molecule is Cc1cc(-c2ccc(N3CCCC3=O)cc2)cnc1-n1c(CC(CN)=C(F)F)n[nH]c1=O. The smallest absolute Gasteiger partial charge is 0.327 e. The Balaban J connectivity index is 1.64. The van der Waals surface area contributed by atoms with Gasteiger partial charge in [0.25, 0.3) is 6.08 Å². The quantitative estimate of drug-likeness (QED) is 0.613. The summed E-state index contributed by atoms with van der Waals surface area (Å²) >= 11 is 0. The predicted octanol–water partition coefficient (Wildman–Crippen LogP) is 2.71. The minimum Gasteiger partial charge on any atom is -0.327 e. The van der Waals surface area contributed by atoms with Crippen LogP contribution in [0.1, 0.15) is 24.2 Å². The van der Waals surface area contributed by atoms with E-state index in [1.54, 1.807) is 18.0 Å². The first-order valence-electron chi connectivity index (χ1n) is 10.2. The maximum absolute atomic E-state index is 13.0. The van der Waals surface area contributed by atoms with Crippen molar-refractivity contribution in [2.45, 2.75) is 26.2 Å². The number of benzene rings is 1. The molecule has 4 rings (SSSR count). The van der Waals surface area contributed by atoms with Crippen LogP contribution in [0.15, 0.2) is 53.0 Å². The summed E-state index contributed by atoms with van der Waals surface area (Å²) in [5.41, 5.74) is 7.77. The third kappa shape index (κ3) is 4.09. The lowest BCUT2D eigenvalue weighted by atomic mass is 10.1. The number of anilines is 1. The zero-order valence-corrected chi connectivity index (χ0v) is 17.4. The van der Waals surface area contributed by atoms with Crippen LogP contribution in [0.25, 0.3) is 16.9 Å². The number of halogens is 2. The predicted molar refractivity (Wildman–Crippen MR) is 116 cm³/mol. The average molecular weight is 440 g/mol. The molecule has 3 N–H and O–H groups in total. The molecule has 3 aromatic rings. The van der Waals surface area contributed by atoms with Crippen LogP contribution in [0.4, 0.5) is 14.5 Å². The van der Waals surface area contributed by atoms with Crippen molar-refractivity contribution in [1.82, 2.24) is 19.7 Å². The van der Waals surface area contributed by atoms with E-state index >= 15 is 0 Å². The molecular weight excluding hydrogens is 418 g/mol. The molecule has 0 atom stereocenters. The van der Waals surface area contributed by atoms with E-state index in [1.165, 1.54) is 4.57 Å². The van der Waals surface area contributed by atoms with Crippen molar-refractivity contribution >= 4 is 11.6 Å². The number of pyridine rings is 1. The number of amides is 1. The standard InChI is InChI=1S/C22H22F2N6O2/c1-13-9-16(14-4-6-17(7-5-14)29-8-2-3-19(29)31)12-26-21(13)30-18(27-28-22(30)32)10-15(11-25)20(23)24/h4-7,9,12H,2-3,8,10-11,25H2,1H3,(H,28,32). The van der Waals surface area contributed by atoms with Crippen LogP contribution < -0.4 is 16.3 Å². The first-order chi connectivity index (χ1) is 15.4. The maximum Gasteiger partial charge on any atom is 0.349 e. The molecule has 1 amide bonds. The molecule has 32 heavy (non-hydrogen) atoms.